The number of aryl methyl sites for hydroxylation is 2. The topological polar surface area (TPSA) is 29.1 Å². The molecule has 0 radical (unpaired) electrons. The molecule has 0 saturated carbocycles. The molecule has 0 spiro atoms. The number of carbonyl (C=O) groups is 1. The van der Waals surface area contributed by atoms with E-state index in [1.165, 1.54) is 18.2 Å². The molecule has 2 nitrogen and oxygen atoms in total. The molecule has 2 aromatic rings. The van der Waals surface area contributed by atoms with Gasteiger partial charge in [-0.3, -0.25) is 4.79 Å². The van der Waals surface area contributed by atoms with Crippen molar-refractivity contribution in [2.45, 2.75) is 32.0 Å². The molecule has 1 amide bonds. The predicted octanol–water partition coefficient (Wildman–Crippen LogP) is 6.16. The number of amides is 1. The molecular weight excluding hydrogens is 419 g/mol. The number of carbonyl (C=O) groups excluding carboxylic acids is 1. The van der Waals surface area contributed by atoms with Gasteiger partial charge in [-0.1, -0.05) is 42.0 Å². The first-order valence-corrected chi connectivity index (χ1v) is 10.7. The predicted molar refractivity (Wildman–Crippen MR) is 114 cm³/mol. The zero-order valence-corrected chi connectivity index (χ0v) is 17.6. The molecule has 1 N–H and O–H groups in total. The minimum atomic E-state index is -4.44. The van der Waals surface area contributed by atoms with E-state index in [0.29, 0.717) is 16.7 Å². The van der Waals surface area contributed by atoms with Gasteiger partial charge in [-0.05, 0) is 54.3 Å². The number of hydrogen-bond acceptors (Lipinski definition) is 2. The van der Waals surface area contributed by atoms with E-state index in [2.05, 4.69) is 5.32 Å². The van der Waals surface area contributed by atoms with Gasteiger partial charge in [0.15, 0.2) is 0 Å². The molecule has 1 aliphatic heterocycles. The first-order valence-electron chi connectivity index (χ1n) is 9.15. The van der Waals surface area contributed by atoms with E-state index in [4.69, 9.17) is 11.6 Å². The molecule has 2 aromatic carbocycles. The fraction of sp³-hybridized carbons (Fsp3) is 0.318. The Labute approximate surface area is 177 Å². The van der Waals surface area contributed by atoms with Crippen LogP contribution < -0.4 is 5.32 Å². The Morgan fingerprint density at radius 1 is 1.21 bits per heavy atom. The maximum absolute atomic E-state index is 13.6. The highest BCUT2D eigenvalue weighted by atomic mass is 35.5. The van der Waals surface area contributed by atoms with Crippen LogP contribution in [0, 0.1) is 13.8 Å². The Bertz CT molecular complexity index is 918. The summed E-state index contributed by atoms with van der Waals surface area (Å²) < 4.78 is 40.9. The number of rotatable bonds is 5. The zero-order chi connectivity index (χ0) is 21.2. The second-order valence-electron chi connectivity index (χ2n) is 7.22. The van der Waals surface area contributed by atoms with Gasteiger partial charge in [0.05, 0.1) is 5.92 Å². The molecule has 0 aliphatic carbocycles. The molecule has 1 atom stereocenters. The summed E-state index contributed by atoms with van der Waals surface area (Å²) in [4.78, 5) is 12.3. The van der Waals surface area contributed by atoms with Gasteiger partial charge in [0.2, 0.25) is 0 Å². The summed E-state index contributed by atoms with van der Waals surface area (Å²) in [6.45, 7) is 3.49. The van der Waals surface area contributed by atoms with Crippen LogP contribution in [0.4, 0.5) is 13.2 Å². The summed E-state index contributed by atoms with van der Waals surface area (Å²) in [6.07, 6.45) is -1.87. The third-order valence-electron chi connectivity index (χ3n) is 4.73. The zero-order valence-electron chi connectivity index (χ0n) is 16.0. The molecule has 1 saturated heterocycles. The van der Waals surface area contributed by atoms with Crippen molar-refractivity contribution in [3.8, 4) is 0 Å². The lowest BCUT2D eigenvalue weighted by Gasteiger charge is -2.26. The minimum absolute atomic E-state index is 0.102. The average molecular weight is 440 g/mol. The van der Waals surface area contributed by atoms with E-state index in [1.807, 2.05) is 0 Å². The van der Waals surface area contributed by atoms with Gasteiger partial charge in [0, 0.05) is 28.1 Å². The van der Waals surface area contributed by atoms with Crippen LogP contribution in [0.5, 0.6) is 0 Å². The normalized spacial score (nSPS) is 15.9. The van der Waals surface area contributed by atoms with Crippen LogP contribution >= 0.6 is 23.4 Å². The molecule has 154 valence electrons. The first-order chi connectivity index (χ1) is 13.6. The Balaban J connectivity index is 1.82. The summed E-state index contributed by atoms with van der Waals surface area (Å²) >= 11 is 7.73. The summed E-state index contributed by atoms with van der Waals surface area (Å²) in [5.74, 6) is -0.0916. The van der Waals surface area contributed by atoms with E-state index in [-0.39, 0.29) is 22.5 Å². The second kappa shape index (κ2) is 8.84. The number of thioether (sulfide) groups is 1. The van der Waals surface area contributed by atoms with Gasteiger partial charge in [-0.2, -0.15) is 24.9 Å². The van der Waals surface area contributed by atoms with Crippen molar-refractivity contribution in [1.29, 1.82) is 0 Å². The highest BCUT2D eigenvalue weighted by molar-refractivity contribution is 8.00. The summed E-state index contributed by atoms with van der Waals surface area (Å²) in [6, 6.07) is 9.68. The van der Waals surface area contributed by atoms with E-state index < -0.39 is 12.1 Å². The van der Waals surface area contributed by atoms with Crippen molar-refractivity contribution < 1.29 is 18.0 Å². The fourth-order valence-corrected chi connectivity index (χ4v) is 4.12. The molecule has 1 heterocycles. The minimum Gasteiger partial charge on any atom is -0.348 e. The van der Waals surface area contributed by atoms with Crippen LogP contribution in [0.15, 0.2) is 42.5 Å². The van der Waals surface area contributed by atoms with Crippen LogP contribution in [0.2, 0.25) is 5.02 Å². The standard InChI is InChI=1S/C22H21ClF3NOS/c1-13-7-16(10-17(23)8-13)20(22(24,25)26)6-4-15-3-5-19(14(2)9-15)21(28)27-18-11-29-12-18/h3-10,18,20H,11-12H2,1-2H3,(H,27,28)/b6-4+. The lowest BCUT2D eigenvalue weighted by molar-refractivity contribution is -0.139. The number of benzene rings is 2. The number of nitrogens with one attached hydrogen (secondary N) is 1. The molecule has 1 fully saturated rings. The Morgan fingerprint density at radius 3 is 2.48 bits per heavy atom. The van der Waals surface area contributed by atoms with Gasteiger partial charge in [-0.15, -0.1) is 0 Å². The Hall–Kier alpha value is -1.92. The smallest absolute Gasteiger partial charge is 0.348 e. The molecule has 0 bridgehead atoms. The van der Waals surface area contributed by atoms with Crippen LogP contribution in [0.1, 0.15) is 38.5 Å². The van der Waals surface area contributed by atoms with Crippen molar-refractivity contribution >= 4 is 35.3 Å². The molecule has 1 unspecified atom stereocenters. The lowest BCUT2D eigenvalue weighted by Crippen LogP contribution is -2.44. The first kappa shape index (κ1) is 21.8. The summed E-state index contributed by atoms with van der Waals surface area (Å²) in [5, 5.41) is 3.23. The van der Waals surface area contributed by atoms with Gasteiger partial charge < -0.3 is 5.32 Å². The van der Waals surface area contributed by atoms with Crippen molar-refractivity contribution in [1.82, 2.24) is 5.32 Å². The maximum Gasteiger partial charge on any atom is 0.399 e. The highest BCUT2D eigenvalue weighted by Crippen LogP contribution is 2.37. The number of alkyl halides is 3. The molecule has 29 heavy (non-hydrogen) atoms. The van der Waals surface area contributed by atoms with Gasteiger partial charge in [0.25, 0.3) is 5.91 Å². The number of hydrogen-bond donors (Lipinski definition) is 1. The number of allylic oxidation sites excluding steroid dienone is 1. The van der Waals surface area contributed by atoms with Crippen molar-refractivity contribution in [2.75, 3.05) is 11.5 Å². The van der Waals surface area contributed by atoms with Crippen LogP contribution in [-0.2, 0) is 0 Å². The van der Waals surface area contributed by atoms with Crippen LogP contribution in [0.3, 0.4) is 0 Å². The number of halogens is 4. The van der Waals surface area contributed by atoms with E-state index >= 15 is 0 Å². The highest BCUT2D eigenvalue weighted by Gasteiger charge is 2.39. The molecular formula is C22H21ClF3NOS. The third kappa shape index (κ3) is 5.58. The van der Waals surface area contributed by atoms with Crippen LogP contribution in [-0.4, -0.2) is 29.6 Å². The molecule has 0 aromatic heterocycles. The Morgan fingerprint density at radius 2 is 1.93 bits per heavy atom. The third-order valence-corrected chi connectivity index (χ3v) is 6.22. The SMILES string of the molecule is Cc1cc(Cl)cc(C(/C=C/c2ccc(C(=O)NC3CSC3)c(C)c2)C(F)(F)F)c1. The monoisotopic (exact) mass is 439 g/mol. The largest absolute Gasteiger partial charge is 0.399 e. The average Bonchev–Trinajstić information content (AvgIpc) is 2.56. The van der Waals surface area contributed by atoms with Crippen molar-refractivity contribution in [3.63, 3.8) is 0 Å². The summed E-state index contributed by atoms with van der Waals surface area (Å²) in [7, 11) is 0. The van der Waals surface area contributed by atoms with E-state index in [0.717, 1.165) is 23.1 Å². The van der Waals surface area contributed by atoms with E-state index in [9.17, 15) is 18.0 Å². The van der Waals surface area contributed by atoms with Crippen molar-refractivity contribution in [3.05, 3.63) is 75.3 Å². The van der Waals surface area contributed by atoms with Crippen molar-refractivity contribution in [2.24, 2.45) is 0 Å². The second-order valence-corrected chi connectivity index (χ2v) is 8.73. The molecule has 3 rings (SSSR count). The summed E-state index contributed by atoms with van der Waals surface area (Å²) in [5.41, 5.74) is 2.64. The van der Waals surface area contributed by atoms with Crippen LogP contribution in [0.25, 0.3) is 6.08 Å². The lowest BCUT2D eigenvalue weighted by atomic mass is 9.95. The Kier molecular flexibility index (Phi) is 6.64. The molecule has 7 heteroatoms. The van der Waals surface area contributed by atoms with E-state index in [1.54, 1.807) is 49.9 Å². The van der Waals surface area contributed by atoms with Gasteiger partial charge in [-0.25, -0.2) is 0 Å². The van der Waals surface area contributed by atoms with Gasteiger partial charge in [0.1, 0.15) is 0 Å². The molecule has 1 aliphatic rings. The maximum atomic E-state index is 13.6. The van der Waals surface area contributed by atoms with Gasteiger partial charge >= 0.3 is 6.18 Å². The quantitative estimate of drug-likeness (QED) is 0.604. The fourth-order valence-electron chi connectivity index (χ4n) is 3.19.